The van der Waals surface area contributed by atoms with Gasteiger partial charge in [-0.3, -0.25) is 4.99 Å². The number of aliphatic imine (C=N–C) groups is 1. The highest BCUT2D eigenvalue weighted by Crippen LogP contribution is 2.20. The number of benzene rings is 1. The Morgan fingerprint density at radius 3 is 2.71 bits per heavy atom. The van der Waals surface area contributed by atoms with Gasteiger partial charge in [0, 0.05) is 56.3 Å². The topological polar surface area (TPSA) is 83.8 Å². The third-order valence-corrected chi connectivity index (χ3v) is 5.62. The molecular formula is C20H24N6OS. The van der Waals surface area contributed by atoms with Crippen molar-refractivity contribution in [2.75, 3.05) is 37.6 Å². The Morgan fingerprint density at radius 1 is 1.21 bits per heavy atom. The van der Waals surface area contributed by atoms with Crippen molar-refractivity contribution in [1.29, 1.82) is 0 Å². The molecule has 2 N–H and O–H groups in total. The zero-order chi connectivity index (χ0) is 19.3. The molecule has 28 heavy (non-hydrogen) atoms. The molecule has 1 aliphatic rings. The first-order valence-corrected chi connectivity index (χ1v) is 10.3. The molecule has 0 radical (unpaired) electrons. The lowest BCUT2D eigenvalue weighted by atomic mass is 10.1. The van der Waals surface area contributed by atoms with Gasteiger partial charge in [0.1, 0.15) is 6.26 Å². The van der Waals surface area contributed by atoms with Crippen LogP contribution in [-0.2, 0) is 6.42 Å². The van der Waals surface area contributed by atoms with Gasteiger partial charge in [-0.05, 0) is 19.1 Å². The maximum Gasteiger partial charge on any atom is 0.226 e. The summed E-state index contributed by atoms with van der Waals surface area (Å²) in [7, 11) is 0. The molecule has 1 aromatic carbocycles. The van der Waals surface area contributed by atoms with E-state index < -0.39 is 0 Å². The van der Waals surface area contributed by atoms with Crippen LogP contribution in [0, 0.1) is 6.92 Å². The standard InChI is InChI=1S/C20H24N6OS/c1-15-2-4-16(5-3-15)18-24-17(14-27-18)6-7-22-19(21)25-9-11-26(12-10-25)20-23-8-13-28-20/h2-5,8,13-14H,6-7,9-12H2,1H3,(H2,21,22). The molecule has 1 fully saturated rings. The van der Waals surface area contributed by atoms with Crippen LogP contribution in [0.15, 0.2) is 51.5 Å². The van der Waals surface area contributed by atoms with Crippen LogP contribution in [0.2, 0.25) is 0 Å². The zero-order valence-corrected chi connectivity index (χ0v) is 16.7. The number of nitrogens with two attached hydrogens (primary N) is 1. The lowest BCUT2D eigenvalue weighted by Crippen LogP contribution is -2.51. The summed E-state index contributed by atoms with van der Waals surface area (Å²) in [4.78, 5) is 17.9. The number of hydrogen-bond acceptors (Lipinski definition) is 6. The number of thiazole rings is 1. The number of piperazine rings is 1. The predicted octanol–water partition coefficient (Wildman–Crippen LogP) is 2.79. The number of anilines is 1. The Labute approximate surface area is 168 Å². The van der Waals surface area contributed by atoms with Crippen LogP contribution in [-0.4, -0.2) is 53.6 Å². The molecule has 1 saturated heterocycles. The van der Waals surface area contributed by atoms with Crippen molar-refractivity contribution in [3.8, 4) is 11.5 Å². The number of rotatable bonds is 5. The van der Waals surface area contributed by atoms with Gasteiger partial charge in [0.15, 0.2) is 11.1 Å². The van der Waals surface area contributed by atoms with Crippen molar-refractivity contribution in [2.45, 2.75) is 13.3 Å². The number of hydrogen-bond donors (Lipinski definition) is 1. The second-order valence-electron chi connectivity index (χ2n) is 6.79. The van der Waals surface area contributed by atoms with E-state index in [-0.39, 0.29) is 0 Å². The van der Waals surface area contributed by atoms with E-state index in [1.807, 2.05) is 23.7 Å². The van der Waals surface area contributed by atoms with Gasteiger partial charge in [0.2, 0.25) is 5.89 Å². The van der Waals surface area contributed by atoms with Crippen LogP contribution in [0.3, 0.4) is 0 Å². The molecule has 0 saturated carbocycles. The van der Waals surface area contributed by atoms with Gasteiger partial charge in [0.25, 0.3) is 0 Å². The van der Waals surface area contributed by atoms with E-state index >= 15 is 0 Å². The van der Waals surface area contributed by atoms with Crippen LogP contribution >= 0.6 is 11.3 Å². The monoisotopic (exact) mass is 396 g/mol. The van der Waals surface area contributed by atoms with E-state index in [4.69, 9.17) is 10.2 Å². The number of nitrogens with zero attached hydrogens (tertiary/aromatic N) is 5. The summed E-state index contributed by atoms with van der Waals surface area (Å²) in [5, 5.41) is 3.08. The highest BCUT2D eigenvalue weighted by Gasteiger charge is 2.19. The molecule has 2 aromatic heterocycles. The third kappa shape index (κ3) is 4.33. The smallest absolute Gasteiger partial charge is 0.226 e. The zero-order valence-electron chi connectivity index (χ0n) is 15.9. The van der Waals surface area contributed by atoms with E-state index in [1.165, 1.54) is 5.56 Å². The largest absolute Gasteiger partial charge is 0.444 e. The van der Waals surface area contributed by atoms with Crippen molar-refractivity contribution in [2.24, 2.45) is 10.7 Å². The lowest BCUT2D eigenvalue weighted by molar-refractivity contribution is 0.380. The van der Waals surface area contributed by atoms with E-state index in [0.29, 0.717) is 24.8 Å². The Kier molecular flexibility index (Phi) is 5.57. The fourth-order valence-electron chi connectivity index (χ4n) is 3.13. The Balaban J connectivity index is 1.27. The average molecular weight is 397 g/mol. The summed E-state index contributed by atoms with van der Waals surface area (Å²) in [5.41, 5.74) is 9.28. The van der Waals surface area contributed by atoms with Gasteiger partial charge in [-0.2, -0.15) is 0 Å². The molecular weight excluding hydrogens is 372 g/mol. The van der Waals surface area contributed by atoms with Gasteiger partial charge >= 0.3 is 0 Å². The van der Waals surface area contributed by atoms with Crippen LogP contribution in [0.5, 0.6) is 0 Å². The fourth-order valence-corrected chi connectivity index (χ4v) is 3.83. The summed E-state index contributed by atoms with van der Waals surface area (Å²) in [6, 6.07) is 8.15. The second-order valence-corrected chi connectivity index (χ2v) is 7.66. The number of guanidine groups is 1. The summed E-state index contributed by atoms with van der Waals surface area (Å²) in [6.45, 7) is 6.19. The third-order valence-electron chi connectivity index (χ3n) is 4.79. The quantitative estimate of drug-likeness (QED) is 0.527. The molecule has 4 rings (SSSR count). The molecule has 0 spiro atoms. The summed E-state index contributed by atoms with van der Waals surface area (Å²) in [6.07, 6.45) is 4.25. The molecule has 3 aromatic rings. The summed E-state index contributed by atoms with van der Waals surface area (Å²) >= 11 is 1.67. The molecule has 0 atom stereocenters. The van der Waals surface area contributed by atoms with E-state index in [2.05, 4.69) is 43.8 Å². The van der Waals surface area contributed by atoms with Crippen molar-refractivity contribution in [1.82, 2.24) is 14.9 Å². The van der Waals surface area contributed by atoms with Crippen molar-refractivity contribution in [3.05, 3.63) is 53.4 Å². The van der Waals surface area contributed by atoms with Crippen LogP contribution in [0.4, 0.5) is 5.13 Å². The van der Waals surface area contributed by atoms with E-state index in [9.17, 15) is 0 Å². The maximum atomic E-state index is 6.19. The first kappa shape index (κ1) is 18.5. The Hall–Kier alpha value is -2.87. The predicted molar refractivity (Wildman–Crippen MR) is 113 cm³/mol. The molecule has 146 valence electrons. The fraction of sp³-hybridized carbons (Fsp3) is 0.350. The maximum absolute atomic E-state index is 6.19. The Morgan fingerprint density at radius 2 is 2.00 bits per heavy atom. The normalized spacial score (nSPS) is 15.2. The molecule has 0 aliphatic carbocycles. The second kappa shape index (κ2) is 8.43. The van der Waals surface area contributed by atoms with Crippen LogP contribution < -0.4 is 10.6 Å². The minimum absolute atomic E-state index is 0.596. The van der Waals surface area contributed by atoms with Crippen molar-refractivity contribution < 1.29 is 4.42 Å². The summed E-state index contributed by atoms with van der Waals surface area (Å²) < 4.78 is 5.60. The molecule has 0 amide bonds. The molecule has 3 heterocycles. The minimum atomic E-state index is 0.596. The average Bonchev–Trinajstić information content (AvgIpc) is 3.41. The van der Waals surface area contributed by atoms with Gasteiger partial charge in [0.05, 0.1) is 5.69 Å². The highest BCUT2D eigenvalue weighted by atomic mass is 32.1. The van der Waals surface area contributed by atoms with Gasteiger partial charge in [-0.25, -0.2) is 9.97 Å². The number of aryl methyl sites for hydroxylation is 1. The lowest BCUT2D eigenvalue weighted by Gasteiger charge is -2.35. The van der Waals surface area contributed by atoms with Gasteiger partial charge in [-0.1, -0.05) is 17.7 Å². The van der Waals surface area contributed by atoms with Gasteiger partial charge in [-0.15, -0.1) is 11.3 Å². The van der Waals surface area contributed by atoms with Gasteiger partial charge < -0.3 is 20.0 Å². The molecule has 0 bridgehead atoms. The minimum Gasteiger partial charge on any atom is -0.444 e. The van der Waals surface area contributed by atoms with E-state index in [1.54, 1.807) is 17.6 Å². The van der Waals surface area contributed by atoms with Crippen LogP contribution in [0.25, 0.3) is 11.5 Å². The highest BCUT2D eigenvalue weighted by molar-refractivity contribution is 7.13. The van der Waals surface area contributed by atoms with Crippen molar-refractivity contribution in [3.63, 3.8) is 0 Å². The van der Waals surface area contributed by atoms with Crippen molar-refractivity contribution >= 4 is 22.4 Å². The molecule has 8 heteroatoms. The van der Waals surface area contributed by atoms with Crippen LogP contribution in [0.1, 0.15) is 11.3 Å². The summed E-state index contributed by atoms with van der Waals surface area (Å²) in [5.74, 6) is 1.24. The Bertz CT molecular complexity index is 911. The molecule has 1 aliphatic heterocycles. The first-order valence-electron chi connectivity index (χ1n) is 9.40. The SMILES string of the molecule is Cc1ccc(-c2nc(CCN=C(N)N3CCN(c4nccs4)CC3)co2)cc1. The molecule has 0 unspecified atom stereocenters. The molecule has 7 nitrogen and oxygen atoms in total. The number of oxazole rings is 1. The number of aromatic nitrogens is 2. The van der Waals surface area contributed by atoms with E-state index in [0.717, 1.165) is 42.6 Å². The first-order chi connectivity index (χ1) is 13.7.